The Balaban J connectivity index is 1.75. The van der Waals surface area contributed by atoms with Gasteiger partial charge in [-0.25, -0.2) is 0 Å². The summed E-state index contributed by atoms with van der Waals surface area (Å²) in [4.78, 5) is 46.7. The van der Waals surface area contributed by atoms with E-state index in [1.165, 1.54) is 24.3 Å². The second kappa shape index (κ2) is 4.51. The van der Waals surface area contributed by atoms with Gasteiger partial charge in [0, 0.05) is 0 Å². The van der Waals surface area contributed by atoms with E-state index in [9.17, 15) is 19.2 Å². The maximum atomic E-state index is 11.8. The van der Waals surface area contributed by atoms with Gasteiger partial charge in [0.2, 0.25) is 0 Å². The number of carbonyl (C=O) groups is 4. The van der Waals surface area contributed by atoms with Crippen LogP contribution in [0.15, 0.2) is 36.4 Å². The molecule has 2 aliphatic rings. The molecule has 0 saturated heterocycles. The number of benzene rings is 2. The molecule has 2 N–H and O–H groups in total. The lowest BCUT2D eigenvalue weighted by Gasteiger charge is -2.09. The standard InChI is InChI=1S/C16H8N2O5/c19-13-8-5-4-7(6-10(8)15(21)17-13)23-11-3-1-2-9-12(11)16(22)18-14(9)20/h1-6H,(H,17,19,21)(H,18,20,22). The van der Waals surface area contributed by atoms with E-state index in [1.54, 1.807) is 12.1 Å². The van der Waals surface area contributed by atoms with Gasteiger partial charge in [0.1, 0.15) is 11.5 Å². The molecule has 0 unspecified atom stereocenters. The third-order valence-electron chi connectivity index (χ3n) is 3.66. The highest BCUT2D eigenvalue weighted by atomic mass is 16.5. The molecular weight excluding hydrogens is 300 g/mol. The summed E-state index contributed by atoms with van der Waals surface area (Å²) in [6.07, 6.45) is 0. The fourth-order valence-corrected chi connectivity index (χ4v) is 2.61. The number of nitrogens with one attached hydrogen (secondary N) is 2. The summed E-state index contributed by atoms with van der Waals surface area (Å²) in [5.41, 5.74) is 0.870. The molecule has 2 aliphatic heterocycles. The molecule has 112 valence electrons. The normalized spacial score (nSPS) is 15.1. The number of hydrogen-bond acceptors (Lipinski definition) is 5. The minimum Gasteiger partial charge on any atom is -0.456 e. The lowest BCUT2D eigenvalue weighted by Crippen LogP contribution is -2.20. The van der Waals surface area contributed by atoms with Gasteiger partial charge in [-0.1, -0.05) is 6.07 Å². The first-order valence-electron chi connectivity index (χ1n) is 6.71. The summed E-state index contributed by atoms with van der Waals surface area (Å²) in [5.74, 6) is -1.47. The molecule has 0 aromatic heterocycles. The molecule has 2 aromatic carbocycles. The number of fused-ring (bicyclic) bond motifs is 2. The van der Waals surface area contributed by atoms with Crippen molar-refractivity contribution in [2.75, 3.05) is 0 Å². The molecule has 0 atom stereocenters. The number of amides is 4. The topological polar surface area (TPSA) is 102 Å². The van der Waals surface area contributed by atoms with Crippen LogP contribution in [0.5, 0.6) is 11.5 Å². The van der Waals surface area contributed by atoms with Crippen LogP contribution in [0, 0.1) is 0 Å². The predicted molar refractivity (Wildman–Crippen MR) is 76.6 cm³/mol. The van der Waals surface area contributed by atoms with Crippen molar-refractivity contribution in [3.63, 3.8) is 0 Å². The van der Waals surface area contributed by atoms with Crippen molar-refractivity contribution in [2.24, 2.45) is 0 Å². The third kappa shape index (κ3) is 1.90. The molecule has 4 rings (SSSR count). The Morgan fingerprint density at radius 2 is 1.39 bits per heavy atom. The number of ether oxygens (including phenoxy) is 1. The van der Waals surface area contributed by atoms with Crippen molar-refractivity contribution in [3.8, 4) is 11.5 Å². The lowest BCUT2D eigenvalue weighted by atomic mass is 10.1. The molecule has 7 nitrogen and oxygen atoms in total. The Morgan fingerprint density at radius 1 is 0.696 bits per heavy atom. The molecule has 4 amide bonds. The number of imide groups is 2. The van der Waals surface area contributed by atoms with Gasteiger partial charge < -0.3 is 4.74 Å². The Morgan fingerprint density at radius 3 is 2.22 bits per heavy atom. The maximum absolute atomic E-state index is 11.8. The third-order valence-corrected chi connectivity index (χ3v) is 3.66. The zero-order chi connectivity index (χ0) is 16.1. The minimum atomic E-state index is -0.533. The molecule has 0 radical (unpaired) electrons. The summed E-state index contributed by atoms with van der Waals surface area (Å²) in [6.45, 7) is 0. The lowest BCUT2D eigenvalue weighted by molar-refractivity contribution is 0.0862. The largest absolute Gasteiger partial charge is 0.456 e. The second-order valence-corrected chi connectivity index (χ2v) is 5.05. The fourth-order valence-electron chi connectivity index (χ4n) is 2.61. The van der Waals surface area contributed by atoms with Crippen LogP contribution >= 0.6 is 0 Å². The average molecular weight is 308 g/mol. The Bertz CT molecular complexity index is 932. The monoisotopic (exact) mass is 308 g/mol. The molecule has 0 fully saturated rings. The van der Waals surface area contributed by atoms with Gasteiger partial charge in [0.25, 0.3) is 23.6 Å². The van der Waals surface area contributed by atoms with Crippen molar-refractivity contribution >= 4 is 23.6 Å². The van der Waals surface area contributed by atoms with E-state index in [2.05, 4.69) is 10.6 Å². The average Bonchev–Trinajstić information content (AvgIpc) is 2.97. The predicted octanol–water partition coefficient (Wildman–Crippen LogP) is 1.25. The zero-order valence-corrected chi connectivity index (χ0v) is 11.5. The highest BCUT2D eigenvalue weighted by Crippen LogP contribution is 2.32. The van der Waals surface area contributed by atoms with Gasteiger partial charge in [0.05, 0.1) is 22.3 Å². The molecule has 0 saturated carbocycles. The first kappa shape index (κ1) is 13.2. The minimum absolute atomic E-state index is 0.151. The van der Waals surface area contributed by atoms with E-state index in [-0.39, 0.29) is 33.8 Å². The van der Waals surface area contributed by atoms with Crippen LogP contribution in [-0.2, 0) is 0 Å². The summed E-state index contributed by atoms with van der Waals surface area (Å²) in [5, 5.41) is 4.38. The zero-order valence-electron chi connectivity index (χ0n) is 11.5. The first-order valence-corrected chi connectivity index (χ1v) is 6.71. The van der Waals surface area contributed by atoms with Crippen molar-refractivity contribution in [1.29, 1.82) is 0 Å². The Kier molecular flexibility index (Phi) is 2.59. The smallest absolute Gasteiger partial charge is 0.262 e. The van der Waals surface area contributed by atoms with Crippen LogP contribution in [0.3, 0.4) is 0 Å². The highest BCUT2D eigenvalue weighted by molar-refractivity contribution is 6.23. The number of hydrogen-bond donors (Lipinski definition) is 2. The molecule has 7 heteroatoms. The molecule has 23 heavy (non-hydrogen) atoms. The van der Waals surface area contributed by atoms with Crippen LogP contribution < -0.4 is 15.4 Å². The van der Waals surface area contributed by atoms with Crippen molar-refractivity contribution in [2.45, 2.75) is 0 Å². The van der Waals surface area contributed by atoms with Crippen LogP contribution in [0.2, 0.25) is 0 Å². The van der Waals surface area contributed by atoms with Gasteiger partial charge in [-0.3, -0.25) is 29.8 Å². The van der Waals surface area contributed by atoms with Crippen LogP contribution in [0.1, 0.15) is 41.4 Å². The SMILES string of the molecule is O=C1NC(=O)c2cc(Oc3cccc4c3C(=O)NC4=O)ccc21. The first-order chi connectivity index (χ1) is 11.0. The molecular formula is C16H8N2O5. The molecule has 2 aromatic rings. The fraction of sp³-hybridized carbons (Fsp3) is 0. The van der Waals surface area contributed by atoms with E-state index in [0.717, 1.165) is 0 Å². The molecule has 0 aliphatic carbocycles. The van der Waals surface area contributed by atoms with Gasteiger partial charge in [0.15, 0.2) is 0 Å². The van der Waals surface area contributed by atoms with Crippen LogP contribution in [0.4, 0.5) is 0 Å². The quantitative estimate of drug-likeness (QED) is 0.813. The van der Waals surface area contributed by atoms with Crippen molar-refractivity contribution in [3.05, 3.63) is 58.7 Å². The van der Waals surface area contributed by atoms with Gasteiger partial charge in [-0.2, -0.15) is 0 Å². The van der Waals surface area contributed by atoms with E-state index in [0.29, 0.717) is 0 Å². The Hall–Kier alpha value is -3.48. The van der Waals surface area contributed by atoms with Crippen molar-refractivity contribution in [1.82, 2.24) is 10.6 Å². The van der Waals surface area contributed by atoms with Crippen molar-refractivity contribution < 1.29 is 23.9 Å². The molecule has 2 heterocycles. The van der Waals surface area contributed by atoms with E-state index in [1.807, 2.05) is 0 Å². The van der Waals surface area contributed by atoms with Crippen LogP contribution in [0.25, 0.3) is 0 Å². The van der Waals surface area contributed by atoms with Gasteiger partial charge in [-0.05, 0) is 30.3 Å². The highest BCUT2D eigenvalue weighted by Gasteiger charge is 2.31. The summed E-state index contributed by atoms with van der Waals surface area (Å²) in [6, 6.07) is 9.08. The summed E-state index contributed by atoms with van der Waals surface area (Å²) >= 11 is 0. The summed E-state index contributed by atoms with van der Waals surface area (Å²) in [7, 11) is 0. The van der Waals surface area contributed by atoms with E-state index >= 15 is 0 Å². The van der Waals surface area contributed by atoms with Crippen LogP contribution in [-0.4, -0.2) is 23.6 Å². The van der Waals surface area contributed by atoms with Gasteiger partial charge >= 0.3 is 0 Å². The van der Waals surface area contributed by atoms with E-state index in [4.69, 9.17) is 4.74 Å². The second-order valence-electron chi connectivity index (χ2n) is 5.05. The van der Waals surface area contributed by atoms with E-state index < -0.39 is 23.6 Å². The number of rotatable bonds is 2. The van der Waals surface area contributed by atoms with Gasteiger partial charge in [-0.15, -0.1) is 0 Å². The molecule has 0 bridgehead atoms. The number of carbonyl (C=O) groups excluding carboxylic acids is 4. The molecule has 0 spiro atoms. The summed E-state index contributed by atoms with van der Waals surface area (Å²) < 4.78 is 5.64. The Labute approximate surface area is 129 Å². The maximum Gasteiger partial charge on any atom is 0.262 e.